The van der Waals surface area contributed by atoms with E-state index in [2.05, 4.69) is 35.9 Å². The van der Waals surface area contributed by atoms with Crippen molar-refractivity contribution in [3.8, 4) is 0 Å². The van der Waals surface area contributed by atoms with Crippen LogP contribution in [0.4, 0.5) is 0 Å². The first-order valence-corrected chi connectivity index (χ1v) is 14.3. The molecule has 4 unspecified atom stereocenters. The minimum Gasteiger partial charge on any atom is -0.480 e. The van der Waals surface area contributed by atoms with Crippen molar-refractivity contribution in [2.24, 2.45) is 5.73 Å². The number of aliphatic carboxylic acids is 1. The molecule has 3 aromatic heterocycles. The SMILES string of the molecule is NC(Cc1c[nH]c2ccccc12)C(=O)NC(Cc1c[nH]c2ccccc12)C(=O)NC(CO)C(=O)NC(Cc1cnc[nH]1)C(=O)O. The third-order valence-electron chi connectivity index (χ3n) is 7.59. The van der Waals surface area contributed by atoms with Gasteiger partial charge in [-0.2, -0.15) is 0 Å². The van der Waals surface area contributed by atoms with Crippen LogP contribution in [0.15, 0.2) is 73.4 Å². The Morgan fingerprint density at radius 3 is 1.87 bits per heavy atom. The largest absolute Gasteiger partial charge is 0.480 e. The third-order valence-corrected chi connectivity index (χ3v) is 7.59. The van der Waals surface area contributed by atoms with E-state index < -0.39 is 54.5 Å². The minimum absolute atomic E-state index is 0.0404. The summed E-state index contributed by atoms with van der Waals surface area (Å²) in [5.74, 6) is -3.57. The van der Waals surface area contributed by atoms with E-state index in [0.717, 1.165) is 32.9 Å². The van der Waals surface area contributed by atoms with Crippen LogP contribution in [0.5, 0.6) is 0 Å². The van der Waals surface area contributed by atoms with Crippen LogP contribution < -0.4 is 21.7 Å². The summed E-state index contributed by atoms with van der Waals surface area (Å²) >= 11 is 0. The average molecular weight is 615 g/mol. The second-order valence-corrected chi connectivity index (χ2v) is 10.7. The number of hydrogen-bond acceptors (Lipinski definition) is 7. The Hall–Kier alpha value is -5.47. The van der Waals surface area contributed by atoms with Crippen LogP contribution in [-0.4, -0.2) is 84.6 Å². The number of hydrogen-bond donors (Lipinski definition) is 9. The van der Waals surface area contributed by atoms with Crippen molar-refractivity contribution in [3.05, 3.63) is 90.3 Å². The zero-order valence-corrected chi connectivity index (χ0v) is 24.1. The number of nitrogens with one attached hydrogen (secondary N) is 6. The van der Waals surface area contributed by atoms with Crippen LogP contribution >= 0.6 is 0 Å². The normalized spacial score (nSPS) is 14.0. The number of aliphatic hydroxyl groups excluding tert-OH is 1. The molecule has 4 atom stereocenters. The lowest BCUT2D eigenvalue weighted by molar-refractivity contribution is -0.142. The summed E-state index contributed by atoms with van der Waals surface area (Å²) in [6.45, 7) is -0.818. The van der Waals surface area contributed by atoms with E-state index in [1.807, 2.05) is 48.5 Å². The van der Waals surface area contributed by atoms with E-state index in [4.69, 9.17) is 5.73 Å². The van der Waals surface area contributed by atoms with Gasteiger partial charge in [0.15, 0.2) is 0 Å². The molecule has 10 N–H and O–H groups in total. The topological polar surface area (TPSA) is 231 Å². The van der Waals surface area contributed by atoms with Gasteiger partial charge in [-0.15, -0.1) is 0 Å². The number of carboxylic acids is 1. The molecule has 0 aliphatic heterocycles. The quantitative estimate of drug-likeness (QED) is 0.0840. The van der Waals surface area contributed by atoms with Crippen LogP contribution in [0.2, 0.25) is 0 Å². The van der Waals surface area contributed by atoms with Gasteiger partial charge in [0.2, 0.25) is 17.7 Å². The van der Waals surface area contributed by atoms with Crippen molar-refractivity contribution in [2.75, 3.05) is 6.61 Å². The standard InChI is InChI=1S/C31H34N8O6/c32-22(9-17-12-34-23-7-3-1-5-20(17)23)28(41)37-25(10-18-13-35-24-8-4-2-6-21(18)24)29(42)39-27(15-40)30(43)38-26(31(44)45)11-19-14-33-16-36-19/h1-8,12-14,16,22,25-27,34-35,40H,9-11,15,32H2,(H,33,36)(H,37,41)(H,38,43)(H,39,42)(H,44,45). The van der Waals surface area contributed by atoms with E-state index in [9.17, 15) is 29.4 Å². The summed E-state index contributed by atoms with van der Waals surface area (Å²) < 4.78 is 0. The van der Waals surface area contributed by atoms with Gasteiger partial charge in [0, 0.05) is 58.9 Å². The van der Waals surface area contributed by atoms with Crippen LogP contribution in [0.3, 0.4) is 0 Å². The molecule has 14 nitrogen and oxygen atoms in total. The van der Waals surface area contributed by atoms with Crippen molar-refractivity contribution in [1.29, 1.82) is 0 Å². The van der Waals surface area contributed by atoms with Crippen LogP contribution in [0.1, 0.15) is 16.8 Å². The minimum atomic E-state index is -1.50. The first-order chi connectivity index (χ1) is 21.7. The zero-order chi connectivity index (χ0) is 31.9. The lowest BCUT2D eigenvalue weighted by Crippen LogP contribution is -2.58. The number of nitrogens with zero attached hydrogens (tertiary/aromatic N) is 1. The average Bonchev–Trinajstić information content (AvgIpc) is 3.80. The van der Waals surface area contributed by atoms with E-state index in [0.29, 0.717) is 5.69 Å². The molecule has 0 bridgehead atoms. The molecule has 2 aromatic carbocycles. The van der Waals surface area contributed by atoms with Gasteiger partial charge in [-0.25, -0.2) is 9.78 Å². The van der Waals surface area contributed by atoms with Crippen molar-refractivity contribution >= 4 is 45.5 Å². The summed E-state index contributed by atoms with van der Waals surface area (Å²) in [6.07, 6.45) is 6.46. The summed E-state index contributed by atoms with van der Waals surface area (Å²) in [4.78, 5) is 64.6. The number of fused-ring (bicyclic) bond motifs is 2. The molecule has 0 radical (unpaired) electrons. The first-order valence-electron chi connectivity index (χ1n) is 14.3. The van der Waals surface area contributed by atoms with Crippen LogP contribution in [-0.2, 0) is 38.4 Å². The van der Waals surface area contributed by atoms with E-state index in [-0.39, 0.29) is 19.3 Å². The van der Waals surface area contributed by atoms with Gasteiger partial charge in [-0.1, -0.05) is 36.4 Å². The summed E-state index contributed by atoms with van der Waals surface area (Å²) in [7, 11) is 0. The predicted octanol–water partition coefficient (Wildman–Crippen LogP) is 0.259. The molecule has 234 valence electrons. The first kappa shape index (κ1) is 31.0. The number of aliphatic hydroxyl groups is 1. The monoisotopic (exact) mass is 614 g/mol. The van der Waals surface area contributed by atoms with Crippen molar-refractivity contribution in [2.45, 2.75) is 43.4 Å². The van der Waals surface area contributed by atoms with Crippen molar-refractivity contribution in [1.82, 2.24) is 35.9 Å². The van der Waals surface area contributed by atoms with Gasteiger partial charge in [0.25, 0.3) is 0 Å². The molecule has 0 aliphatic carbocycles. The third kappa shape index (κ3) is 7.37. The summed E-state index contributed by atoms with van der Waals surface area (Å²) in [5, 5.41) is 28.9. The van der Waals surface area contributed by atoms with Gasteiger partial charge in [-0.3, -0.25) is 14.4 Å². The number of imidazole rings is 1. The van der Waals surface area contributed by atoms with Gasteiger partial charge in [0.05, 0.1) is 19.0 Å². The van der Waals surface area contributed by atoms with E-state index in [1.165, 1.54) is 12.5 Å². The maximum absolute atomic E-state index is 13.6. The number of carboxylic acid groups (broad SMARTS) is 1. The number of carbonyl (C=O) groups excluding carboxylic acids is 3. The second kappa shape index (κ2) is 13.9. The van der Waals surface area contributed by atoms with Crippen LogP contribution in [0.25, 0.3) is 21.8 Å². The fraction of sp³-hybridized carbons (Fsp3) is 0.258. The van der Waals surface area contributed by atoms with E-state index >= 15 is 0 Å². The number of nitrogens with two attached hydrogens (primary N) is 1. The second-order valence-electron chi connectivity index (χ2n) is 10.7. The molecule has 14 heteroatoms. The Morgan fingerprint density at radius 1 is 0.733 bits per heavy atom. The smallest absolute Gasteiger partial charge is 0.326 e. The van der Waals surface area contributed by atoms with Gasteiger partial charge in [-0.05, 0) is 29.7 Å². The fourth-order valence-corrected chi connectivity index (χ4v) is 5.19. The highest BCUT2D eigenvalue weighted by Gasteiger charge is 2.31. The molecular weight excluding hydrogens is 580 g/mol. The fourth-order valence-electron chi connectivity index (χ4n) is 5.19. The Balaban J connectivity index is 1.31. The maximum Gasteiger partial charge on any atom is 0.326 e. The number of para-hydroxylation sites is 2. The van der Waals surface area contributed by atoms with Gasteiger partial charge >= 0.3 is 5.97 Å². The van der Waals surface area contributed by atoms with Crippen LogP contribution in [0, 0.1) is 0 Å². The molecule has 0 saturated heterocycles. The Morgan fingerprint density at radius 2 is 1.29 bits per heavy atom. The number of amides is 3. The molecule has 3 amide bonds. The highest BCUT2D eigenvalue weighted by molar-refractivity contribution is 5.95. The summed E-state index contributed by atoms with van der Waals surface area (Å²) in [5.41, 5.74) is 10.1. The Labute approximate surface area is 256 Å². The molecule has 0 spiro atoms. The number of carbonyl (C=O) groups is 4. The number of benzene rings is 2. The highest BCUT2D eigenvalue weighted by atomic mass is 16.4. The van der Waals surface area contributed by atoms with Gasteiger partial charge < -0.3 is 46.8 Å². The zero-order valence-electron chi connectivity index (χ0n) is 24.1. The number of aromatic nitrogens is 4. The Bertz CT molecular complexity index is 1800. The molecule has 45 heavy (non-hydrogen) atoms. The highest BCUT2D eigenvalue weighted by Crippen LogP contribution is 2.21. The predicted molar refractivity (Wildman–Crippen MR) is 165 cm³/mol. The number of H-pyrrole nitrogens is 3. The lowest BCUT2D eigenvalue weighted by Gasteiger charge is -2.24. The molecular formula is C31H34N8O6. The summed E-state index contributed by atoms with van der Waals surface area (Å²) in [6, 6.07) is 10.0. The van der Waals surface area contributed by atoms with Crippen molar-refractivity contribution < 1.29 is 29.4 Å². The van der Waals surface area contributed by atoms with Crippen molar-refractivity contribution in [3.63, 3.8) is 0 Å². The molecule has 3 heterocycles. The molecule has 0 saturated carbocycles. The molecule has 5 aromatic rings. The molecule has 5 rings (SSSR count). The van der Waals surface area contributed by atoms with Gasteiger partial charge in [0.1, 0.15) is 18.1 Å². The Kier molecular flexibility index (Phi) is 9.55. The lowest BCUT2D eigenvalue weighted by atomic mass is 10.0. The van der Waals surface area contributed by atoms with E-state index in [1.54, 1.807) is 12.4 Å². The number of rotatable bonds is 14. The number of aromatic amines is 3. The molecule has 0 aliphatic rings. The maximum atomic E-state index is 13.6. The molecule has 0 fully saturated rings.